The third kappa shape index (κ3) is 3.86. The van der Waals surface area contributed by atoms with Crippen LogP contribution in [-0.2, 0) is 13.0 Å². The number of rotatable bonds is 5. The van der Waals surface area contributed by atoms with Gasteiger partial charge in [0.2, 0.25) is 0 Å². The monoisotopic (exact) mass is 296 g/mol. The van der Waals surface area contributed by atoms with Crippen LogP contribution >= 0.6 is 0 Å². The van der Waals surface area contributed by atoms with E-state index in [1.165, 1.54) is 30.6 Å². The Bertz CT molecular complexity index is 592. The molecule has 1 unspecified atom stereocenters. The first-order chi connectivity index (χ1) is 10.7. The number of aryl methyl sites for hydroxylation is 1. The lowest BCUT2D eigenvalue weighted by Gasteiger charge is -2.16. The molecule has 1 aromatic heterocycles. The van der Waals surface area contributed by atoms with Crippen LogP contribution in [0.5, 0.6) is 5.75 Å². The second-order valence-electron chi connectivity index (χ2n) is 6.25. The van der Waals surface area contributed by atoms with Crippen molar-refractivity contribution >= 4 is 0 Å². The fourth-order valence-electron chi connectivity index (χ4n) is 3.17. The average Bonchev–Trinajstić information content (AvgIpc) is 2.97. The Morgan fingerprint density at radius 1 is 1.14 bits per heavy atom. The lowest BCUT2D eigenvalue weighted by Crippen LogP contribution is -2.20. The van der Waals surface area contributed by atoms with E-state index in [0.717, 1.165) is 30.3 Å². The Hall–Kier alpha value is -1.87. The molecule has 0 spiro atoms. The van der Waals surface area contributed by atoms with Gasteiger partial charge in [0.05, 0.1) is 7.11 Å². The largest absolute Gasteiger partial charge is 0.497 e. The molecule has 0 amide bonds. The Kier molecular flexibility index (Phi) is 4.74. The van der Waals surface area contributed by atoms with Gasteiger partial charge in [-0.25, -0.2) is 0 Å². The SMILES string of the molecule is COc1ccc(CC2CCN(Cc3ccc(C)nc3)C2)cc1. The van der Waals surface area contributed by atoms with Gasteiger partial charge in [-0.15, -0.1) is 0 Å². The molecule has 2 heterocycles. The predicted octanol–water partition coefficient (Wildman–Crippen LogP) is 3.46. The van der Waals surface area contributed by atoms with Crippen LogP contribution in [0.25, 0.3) is 0 Å². The standard InChI is InChI=1S/C19H24N2O/c1-15-3-4-18(12-20-15)14-21-10-9-17(13-21)11-16-5-7-19(22-2)8-6-16/h3-8,12,17H,9-11,13-14H2,1-2H3. The molecule has 0 saturated carbocycles. The highest BCUT2D eigenvalue weighted by Gasteiger charge is 2.22. The van der Waals surface area contributed by atoms with Crippen molar-refractivity contribution < 1.29 is 4.74 Å². The van der Waals surface area contributed by atoms with Crippen molar-refractivity contribution in [3.05, 3.63) is 59.4 Å². The molecule has 1 aliphatic heterocycles. The van der Waals surface area contributed by atoms with Crippen LogP contribution in [0.4, 0.5) is 0 Å². The zero-order valence-electron chi connectivity index (χ0n) is 13.5. The van der Waals surface area contributed by atoms with Gasteiger partial charge in [0.25, 0.3) is 0 Å². The molecule has 2 aromatic rings. The summed E-state index contributed by atoms with van der Waals surface area (Å²) < 4.78 is 5.22. The number of pyridine rings is 1. The lowest BCUT2D eigenvalue weighted by molar-refractivity contribution is 0.316. The van der Waals surface area contributed by atoms with Gasteiger partial charge in [0, 0.05) is 25.0 Å². The Labute approximate surface area is 132 Å². The molecule has 3 rings (SSSR count). The van der Waals surface area contributed by atoms with Crippen molar-refractivity contribution in [2.75, 3.05) is 20.2 Å². The summed E-state index contributed by atoms with van der Waals surface area (Å²) >= 11 is 0. The topological polar surface area (TPSA) is 25.4 Å². The normalized spacial score (nSPS) is 18.5. The van der Waals surface area contributed by atoms with Crippen LogP contribution < -0.4 is 4.74 Å². The minimum Gasteiger partial charge on any atom is -0.497 e. The highest BCUT2D eigenvalue weighted by atomic mass is 16.5. The lowest BCUT2D eigenvalue weighted by atomic mass is 9.99. The first kappa shape index (κ1) is 15.0. The second kappa shape index (κ2) is 6.93. The van der Waals surface area contributed by atoms with Crippen LogP contribution in [0.2, 0.25) is 0 Å². The van der Waals surface area contributed by atoms with Crippen molar-refractivity contribution in [3.8, 4) is 5.75 Å². The molecule has 0 N–H and O–H groups in total. The molecule has 116 valence electrons. The summed E-state index contributed by atoms with van der Waals surface area (Å²) in [6.07, 6.45) is 4.45. The van der Waals surface area contributed by atoms with Gasteiger partial charge in [-0.05, 0) is 61.6 Å². The van der Waals surface area contributed by atoms with E-state index in [1.54, 1.807) is 7.11 Å². The fourth-order valence-corrected chi connectivity index (χ4v) is 3.17. The summed E-state index contributed by atoms with van der Waals surface area (Å²) in [6, 6.07) is 12.8. The maximum Gasteiger partial charge on any atom is 0.118 e. The number of hydrogen-bond acceptors (Lipinski definition) is 3. The van der Waals surface area contributed by atoms with E-state index in [0.29, 0.717) is 0 Å². The molecule has 0 radical (unpaired) electrons. The highest BCUT2D eigenvalue weighted by Crippen LogP contribution is 2.23. The van der Waals surface area contributed by atoms with Crippen molar-refractivity contribution in [2.45, 2.75) is 26.3 Å². The number of likely N-dealkylation sites (tertiary alicyclic amines) is 1. The van der Waals surface area contributed by atoms with Crippen LogP contribution in [0.15, 0.2) is 42.6 Å². The van der Waals surface area contributed by atoms with E-state index in [9.17, 15) is 0 Å². The molecule has 3 nitrogen and oxygen atoms in total. The molecule has 1 aromatic carbocycles. The third-order valence-electron chi connectivity index (χ3n) is 4.43. The number of benzene rings is 1. The van der Waals surface area contributed by atoms with Crippen LogP contribution in [0.1, 0.15) is 23.2 Å². The first-order valence-corrected chi connectivity index (χ1v) is 8.00. The molecular formula is C19H24N2O. The third-order valence-corrected chi connectivity index (χ3v) is 4.43. The predicted molar refractivity (Wildman–Crippen MR) is 89.1 cm³/mol. The van der Waals surface area contributed by atoms with E-state index in [1.807, 2.05) is 13.1 Å². The quantitative estimate of drug-likeness (QED) is 0.845. The summed E-state index contributed by atoms with van der Waals surface area (Å²) in [5, 5.41) is 0. The minimum absolute atomic E-state index is 0.756. The minimum atomic E-state index is 0.756. The van der Waals surface area contributed by atoms with Gasteiger partial charge < -0.3 is 4.74 Å². The van der Waals surface area contributed by atoms with Crippen molar-refractivity contribution in [1.29, 1.82) is 0 Å². The summed E-state index contributed by atoms with van der Waals surface area (Å²) in [6.45, 7) is 5.42. The first-order valence-electron chi connectivity index (χ1n) is 8.00. The summed E-state index contributed by atoms with van der Waals surface area (Å²) in [7, 11) is 1.71. The molecule has 0 bridgehead atoms. The van der Waals surface area contributed by atoms with Crippen LogP contribution in [-0.4, -0.2) is 30.1 Å². The number of aromatic nitrogens is 1. The molecular weight excluding hydrogens is 272 g/mol. The molecule has 0 aliphatic carbocycles. The summed E-state index contributed by atoms with van der Waals surface area (Å²) in [5.41, 5.74) is 3.81. The Morgan fingerprint density at radius 2 is 1.91 bits per heavy atom. The van der Waals surface area contributed by atoms with E-state index < -0.39 is 0 Å². The molecule has 22 heavy (non-hydrogen) atoms. The van der Waals surface area contributed by atoms with Gasteiger partial charge in [0.1, 0.15) is 5.75 Å². The van der Waals surface area contributed by atoms with Crippen LogP contribution in [0, 0.1) is 12.8 Å². The summed E-state index contributed by atoms with van der Waals surface area (Å²) in [4.78, 5) is 6.93. The van der Waals surface area contributed by atoms with Crippen molar-refractivity contribution in [1.82, 2.24) is 9.88 Å². The number of hydrogen-bond donors (Lipinski definition) is 0. The van der Waals surface area contributed by atoms with E-state index in [4.69, 9.17) is 4.74 Å². The maximum absolute atomic E-state index is 5.22. The number of ether oxygens (including phenoxy) is 1. The molecule has 1 aliphatic rings. The molecule has 3 heteroatoms. The van der Waals surface area contributed by atoms with E-state index in [-0.39, 0.29) is 0 Å². The van der Waals surface area contributed by atoms with Crippen LogP contribution in [0.3, 0.4) is 0 Å². The zero-order valence-corrected chi connectivity index (χ0v) is 13.5. The number of nitrogens with zero attached hydrogens (tertiary/aromatic N) is 2. The van der Waals surface area contributed by atoms with Gasteiger partial charge >= 0.3 is 0 Å². The van der Waals surface area contributed by atoms with E-state index >= 15 is 0 Å². The van der Waals surface area contributed by atoms with Gasteiger partial charge in [0.15, 0.2) is 0 Å². The number of methoxy groups -OCH3 is 1. The summed E-state index contributed by atoms with van der Waals surface area (Å²) in [5.74, 6) is 1.69. The highest BCUT2D eigenvalue weighted by molar-refractivity contribution is 5.27. The van der Waals surface area contributed by atoms with E-state index in [2.05, 4.69) is 46.3 Å². The zero-order chi connectivity index (χ0) is 15.4. The maximum atomic E-state index is 5.22. The van der Waals surface area contributed by atoms with Gasteiger partial charge in [-0.3, -0.25) is 9.88 Å². The molecule has 1 atom stereocenters. The average molecular weight is 296 g/mol. The molecule has 1 saturated heterocycles. The Balaban J connectivity index is 1.52. The molecule has 1 fully saturated rings. The van der Waals surface area contributed by atoms with Gasteiger partial charge in [-0.1, -0.05) is 18.2 Å². The van der Waals surface area contributed by atoms with Gasteiger partial charge in [-0.2, -0.15) is 0 Å². The fraction of sp³-hybridized carbons (Fsp3) is 0.421. The Morgan fingerprint density at radius 3 is 2.59 bits per heavy atom. The smallest absolute Gasteiger partial charge is 0.118 e. The second-order valence-corrected chi connectivity index (χ2v) is 6.25. The van der Waals surface area contributed by atoms with Crippen molar-refractivity contribution in [2.24, 2.45) is 5.92 Å². The van der Waals surface area contributed by atoms with Crippen molar-refractivity contribution in [3.63, 3.8) is 0 Å².